The molecule has 1 N–H and O–H groups in total. The van der Waals surface area contributed by atoms with E-state index in [2.05, 4.69) is 5.32 Å². The lowest BCUT2D eigenvalue weighted by Gasteiger charge is -2.34. The summed E-state index contributed by atoms with van der Waals surface area (Å²) in [4.78, 5) is 13.4. The molecule has 2 aliphatic rings. The molecule has 116 valence electrons. The van der Waals surface area contributed by atoms with Crippen LogP contribution >= 0.6 is 0 Å². The Bertz CT molecular complexity index is 310. The Kier molecular flexibility index (Phi) is 5.63. The first-order valence-electron chi connectivity index (χ1n) is 7.47. The molecule has 0 aromatic heterocycles. The number of rotatable bonds is 5. The predicted molar refractivity (Wildman–Crippen MR) is 74.8 cm³/mol. The third-order valence-electron chi connectivity index (χ3n) is 4.23. The summed E-state index contributed by atoms with van der Waals surface area (Å²) in [6.45, 7) is 6.04. The number of hydrogen-bond donors (Lipinski definition) is 1. The number of piperidine rings is 1. The molecule has 0 aromatic carbocycles. The van der Waals surface area contributed by atoms with Crippen molar-refractivity contribution in [2.75, 3.05) is 46.6 Å². The fourth-order valence-electron chi connectivity index (χ4n) is 2.77. The zero-order valence-corrected chi connectivity index (χ0v) is 12.5. The average Bonchev–Trinajstić information content (AvgIpc) is 2.95. The van der Waals surface area contributed by atoms with Crippen LogP contribution in [0.5, 0.6) is 0 Å². The van der Waals surface area contributed by atoms with Crippen molar-refractivity contribution in [3.8, 4) is 0 Å². The molecule has 20 heavy (non-hydrogen) atoms. The summed E-state index contributed by atoms with van der Waals surface area (Å²) in [6.07, 6.45) is 2.67. The lowest BCUT2D eigenvalue weighted by Crippen LogP contribution is -2.50. The molecular weight excluding hydrogens is 260 g/mol. The molecule has 0 aliphatic carbocycles. The maximum absolute atomic E-state index is 11.6. The van der Waals surface area contributed by atoms with E-state index in [-0.39, 0.29) is 11.7 Å². The highest BCUT2D eigenvalue weighted by Crippen LogP contribution is 2.22. The number of carbonyl (C=O) groups excluding carboxylic acids is 1. The first-order valence-corrected chi connectivity index (χ1v) is 7.47. The summed E-state index contributed by atoms with van der Waals surface area (Å²) in [6, 6.07) is 0.438. The lowest BCUT2D eigenvalue weighted by atomic mass is 10.0. The average molecular weight is 286 g/mol. The largest absolute Gasteiger partial charge is 0.450 e. The first kappa shape index (κ1) is 15.5. The van der Waals surface area contributed by atoms with E-state index in [1.165, 1.54) is 0 Å². The number of carbonyl (C=O) groups is 1. The molecule has 0 spiro atoms. The number of nitrogens with one attached hydrogen (secondary N) is 1. The number of ether oxygens (including phenoxy) is 3. The molecule has 0 radical (unpaired) electrons. The van der Waals surface area contributed by atoms with Crippen molar-refractivity contribution in [2.24, 2.45) is 0 Å². The van der Waals surface area contributed by atoms with Crippen LogP contribution in [0.25, 0.3) is 0 Å². The van der Waals surface area contributed by atoms with Crippen molar-refractivity contribution in [1.82, 2.24) is 10.2 Å². The normalized spacial score (nSPS) is 27.8. The van der Waals surface area contributed by atoms with Crippen molar-refractivity contribution in [3.05, 3.63) is 0 Å². The van der Waals surface area contributed by atoms with Gasteiger partial charge in [-0.05, 0) is 19.8 Å². The monoisotopic (exact) mass is 286 g/mol. The number of likely N-dealkylation sites (tertiary alicyclic amines) is 1. The SMILES string of the molecule is CCOC(=O)N1CCC(NCC2(OC)CCOC2)CC1. The van der Waals surface area contributed by atoms with E-state index in [0.717, 1.165) is 45.5 Å². The molecule has 2 fully saturated rings. The maximum atomic E-state index is 11.6. The van der Waals surface area contributed by atoms with Crippen LogP contribution in [0.4, 0.5) is 4.79 Å². The lowest BCUT2D eigenvalue weighted by molar-refractivity contribution is -0.0188. The van der Waals surface area contributed by atoms with Gasteiger partial charge < -0.3 is 24.4 Å². The summed E-state index contributed by atoms with van der Waals surface area (Å²) in [5, 5.41) is 3.56. The van der Waals surface area contributed by atoms with E-state index in [1.54, 1.807) is 12.0 Å². The van der Waals surface area contributed by atoms with Gasteiger partial charge in [-0.2, -0.15) is 0 Å². The van der Waals surface area contributed by atoms with Gasteiger partial charge in [0.15, 0.2) is 0 Å². The van der Waals surface area contributed by atoms with E-state index in [1.807, 2.05) is 6.92 Å². The standard InChI is InChI=1S/C14H26N2O4/c1-3-20-13(17)16-7-4-12(5-8-16)15-10-14(18-2)6-9-19-11-14/h12,15H,3-11H2,1-2H3. The van der Waals surface area contributed by atoms with E-state index >= 15 is 0 Å². The quantitative estimate of drug-likeness (QED) is 0.817. The Morgan fingerprint density at radius 1 is 1.45 bits per heavy atom. The molecule has 2 saturated heterocycles. The van der Waals surface area contributed by atoms with Gasteiger partial charge in [0.1, 0.15) is 5.60 Å². The zero-order valence-electron chi connectivity index (χ0n) is 12.5. The van der Waals surface area contributed by atoms with Crippen LogP contribution in [0, 0.1) is 0 Å². The zero-order chi connectivity index (χ0) is 14.4. The van der Waals surface area contributed by atoms with E-state index in [9.17, 15) is 4.79 Å². The molecule has 6 nitrogen and oxygen atoms in total. The second-order valence-electron chi connectivity index (χ2n) is 5.53. The third kappa shape index (κ3) is 3.84. The van der Waals surface area contributed by atoms with Crippen LogP contribution in [0.3, 0.4) is 0 Å². The van der Waals surface area contributed by atoms with Crippen LogP contribution in [0.1, 0.15) is 26.2 Å². The fourth-order valence-corrected chi connectivity index (χ4v) is 2.77. The van der Waals surface area contributed by atoms with E-state index < -0.39 is 0 Å². The third-order valence-corrected chi connectivity index (χ3v) is 4.23. The highest BCUT2D eigenvalue weighted by molar-refractivity contribution is 5.67. The Balaban J connectivity index is 1.70. The number of nitrogens with zero attached hydrogens (tertiary/aromatic N) is 1. The minimum atomic E-state index is -0.191. The summed E-state index contributed by atoms with van der Waals surface area (Å²) < 4.78 is 16.1. The molecule has 0 aromatic rings. The van der Waals surface area contributed by atoms with Crippen molar-refractivity contribution >= 4 is 6.09 Å². The minimum absolute atomic E-state index is 0.168. The van der Waals surface area contributed by atoms with E-state index in [0.29, 0.717) is 19.3 Å². The van der Waals surface area contributed by atoms with Crippen molar-refractivity contribution in [1.29, 1.82) is 0 Å². The van der Waals surface area contributed by atoms with E-state index in [4.69, 9.17) is 14.2 Å². The Hall–Kier alpha value is -0.850. The predicted octanol–water partition coefficient (Wildman–Crippen LogP) is 1.00. The molecule has 1 amide bonds. The van der Waals surface area contributed by atoms with Gasteiger partial charge in [-0.25, -0.2) is 4.79 Å². The van der Waals surface area contributed by atoms with Crippen LogP contribution in [-0.4, -0.2) is 69.2 Å². The van der Waals surface area contributed by atoms with Gasteiger partial charge in [0.2, 0.25) is 0 Å². The fraction of sp³-hybridized carbons (Fsp3) is 0.929. The molecule has 2 aliphatic heterocycles. The van der Waals surface area contributed by atoms with Gasteiger partial charge in [-0.3, -0.25) is 0 Å². The van der Waals surface area contributed by atoms with Gasteiger partial charge >= 0.3 is 6.09 Å². The molecule has 0 saturated carbocycles. The Labute approximate surface area is 120 Å². The highest BCUT2D eigenvalue weighted by Gasteiger charge is 2.35. The van der Waals surface area contributed by atoms with Crippen molar-refractivity contribution < 1.29 is 19.0 Å². The van der Waals surface area contributed by atoms with Crippen LogP contribution in [0.2, 0.25) is 0 Å². The Morgan fingerprint density at radius 2 is 2.20 bits per heavy atom. The maximum Gasteiger partial charge on any atom is 0.409 e. The number of hydrogen-bond acceptors (Lipinski definition) is 5. The van der Waals surface area contributed by atoms with Crippen LogP contribution in [0.15, 0.2) is 0 Å². The molecule has 0 bridgehead atoms. The van der Waals surface area contributed by atoms with Gasteiger partial charge in [0, 0.05) is 45.8 Å². The molecule has 2 rings (SSSR count). The summed E-state index contributed by atoms with van der Waals surface area (Å²) >= 11 is 0. The summed E-state index contributed by atoms with van der Waals surface area (Å²) in [7, 11) is 1.75. The first-order chi connectivity index (χ1) is 9.69. The van der Waals surface area contributed by atoms with Crippen molar-refractivity contribution in [2.45, 2.75) is 37.8 Å². The van der Waals surface area contributed by atoms with Gasteiger partial charge in [0.25, 0.3) is 0 Å². The van der Waals surface area contributed by atoms with Gasteiger partial charge in [-0.1, -0.05) is 0 Å². The van der Waals surface area contributed by atoms with Crippen molar-refractivity contribution in [3.63, 3.8) is 0 Å². The molecule has 1 atom stereocenters. The molecule has 1 unspecified atom stereocenters. The minimum Gasteiger partial charge on any atom is -0.450 e. The second-order valence-corrected chi connectivity index (χ2v) is 5.53. The van der Waals surface area contributed by atoms with Gasteiger partial charge in [0.05, 0.1) is 13.2 Å². The summed E-state index contributed by atoms with van der Waals surface area (Å²) in [5.74, 6) is 0. The molecule has 2 heterocycles. The molecule has 6 heteroatoms. The van der Waals surface area contributed by atoms with Crippen LogP contribution in [-0.2, 0) is 14.2 Å². The number of amides is 1. The summed E-state index contributed by atoms with van der Waals surface area (Å²) in [5.41, 5.74) is -0.168. The smallest absolute Gasteiger partial charge is 0.409 e. The topological polar surface area (TPSA) is 60.0 Å². The van der Waals surface area contributed by atoms with Gasteiger partial charge in [-0.15, -0.1) is 0 Å². The second kappa shape index (κ2) is 7.24. The Morgan fingerprint density at radius 3 is 2.75 bits per heavy atom. The number of methoxy groups -OCH3 is 1. The van der Waals surface area contributed by atoms with Crippen LogP contribution < -0.4 is 5.32 Å². The molecular formula is C14H26N2O4. The highest BCUT2D eigenvalue weighted by atomic mass is 16.6.